The van der Waals surface area contributed by atoms with Crippen LogP contribution in [0.5, 0.6) is 5.75 Å². The van der Waals surface area contributed by atoms with E-state index in [0.717, 1.165) is 10.0 Å². The molecule has 1 aromatic carbocycles. The van der Waals surface area contributed by atoms with Gasteiger partial charge in [0.05, 0.1) is 7.11 Å². The number of benzene rings is 1. The maximum Gasteiger partial charge on any atom is 0.317 e. The van der Waals surface area contributed by atoms with Crippen LogP contribution in [-0.2, 0) is 19.1 Å². The Morgan fingerprint density at radius 2 is 2.14 bits per heavy atom. The van der Waals surface area contributed by atoms with Crippen LogP contribution in [0.25, 0.3) is 0 Å². The second kappa shape index (κ2) is 4.84. The number of fused-ring (bicyclic) bond motifs is 5. The van der Waals surface area contributed by atoms with Gasteiger partial charge in [0.15, 0.2) is 5.78 Å². The Bertz CT molecular complexity index is 723. The number of halogens is 1. The van der Waals surface area contributed by atoms with E-state index >= 15 is 0 Å². The highest BCUT2D eigenvalue weighted by Gasteiger charge is 2.53. The molecule has 5 nitrogen and oxygen atoms in total. The van der Waals surface area contributed by atoms with Crippen LogP contribution in [0.15, 0.2) is 34.0 Å². The van der Waals surface area contributed by atoms with Crippen LogP contribution >= 0.6 is 15.9 Å². The topological polar surface area (TPSA) is 61.8 Å². The Kier molecular flexibility index (Phi) is 3.04. The lowest BCUT2D eigenvalue weighted by atomic mass is 9.76. The van der Waals surface area contributed by atoms with E-state index < -0.39 is 18.2 Å². The predicted octanol–water partition coefficient (Wildman–Crippen LogP) is 2.69. The van der Waals surface area contributed by atoms with Gasteiger partial charge < -0.3 is 14.2 Å². The summed E-state index contributed by atoms with van der Waals surface area (Å²) in [4.78, 5) is 24.6. The summed E-state index contributed by atoms with van der Waals surface area (Å²) in [6, 6.07) is 5.58. The minimum absolute atomic E-state index is 0.0418. The summed E-state index contributed by atoms with van der Waals surface area (Å²) in [5.74, 6) is -0.104. The molecule has 0 saturated carbocycles. The quantitative estimate of drug-likeness (QED) is 0.717. The summed E-state index contributed by atoms with van der Waals surface area (Å²) in [5, 5.41) is 0. The van der Waals surface area contributed by atoms with Gasteiger partial charge in [0.1, 0.15) is 17.4 Å². The van der Waals surface area contributed by atoms with Crippen molar-refractivity contribution >= 4 is 27.7 Å². The third-order valence-electron chi connectivity index (χ3n) is 4.43. The van der Waals surface area contributed by atoms with Gasteiger partial charge in [0.2, 0.25) is 0 Å². The molecule has 2 heterocycles. The van der Waals surface area contributed by atoms with Crippen molar-refractivity contribution < 1.29 is 23.8 Å². The zero-order valence-corrected chi connectivity index (χ0v) is 13.4. The number of ether oxygens (including phenoxy) is 3. The second-order valence-corrected chi connectivity index (χ2v) is 6.49. The first-order chi connectivity index (χ1) is 10.6. The Balaban J connectivity index is 1.93. The Labute approximate surface area is 135 Å². The highest BCUT2D eigenvalue weighted by molar-refractivity contribution is 9.10. The molecule has 4 rings (SSSR count). The van der Waals surface area contributed by atoms with Crippen LogP contribution in [0.3, 0.4) is 0 Å². The molecule has 3 atom stereocenters. The first-order valence-electron chi connectivity index (χ1n) is 7.07. The molecule has 1 aromatic rings. The van der Waals surface area contributed by atoms with Crippen molar-refractivity contribution in [2.75, 3.05) is 7.11 Å². The normalized spacial score (nSPS) is 28.5. The number of carbonyl (C=O) groups is 2. The van der Waals surface area contributed by atoms with Crippen molar-refractivity contribution in [1.82, 2.24) is 0 Å². The third-order valence-corrected chi connectivity index (χ3v) is 4.92. The Hall–Kier alpha value is -1.82. The first-order valence-corrected chi connectivity index (χ1v) is 7.86. The molecule has 0 fully saturated rings. The fraction of sp³-hybridized carbons (Fsp3) is 0.375. The highest BCUT2D eigenvalue weighted by Crippen LogP contribution is 2.52. The molecule has 0 aromatic heterocycles. The number of carbonyl (C=O) groups excluding carboxylic acids is 2. The van der Waals surface area contributed by atoms with Gasteiger partial charge in [-0.25, -0.2) is 0 Å². The monoisotopic (exact) mass is 364 g/mol. The van der Waals surface area contributed by atoms with Gasteiger partial charge >= 0.3 is 5.97 Å². The summed E-state index contributed by atoms with van der Waals surface area (Å²) in [6.45, 7) is 0. The fourth-order valence-electron chi connectivity index (χ4n) is 3.50. The molecular formula is C16H13BrO5. The van der Waals surface area contributed by atoms with Crippen LogP contribution in [0.2, 0.25) is 0 Å². The molecule has 0 spiro atoms. The van der Waals surface area contributed by atoms with Gasteiger partial charge in [-0.2, -0.15) is 0 Å². The molecule has 3 aliphatic rings. The van der Waals surface area contributed by atoms with Crippen molar-refractivity contribution in [2.24, 2.45) is 5.92 Å². The number of esters is 1. The van der Waals surface area contributed by atoms with E-state index in [4.69, 9.17) is 14.2 Å². The predicted molar refractivity (Wildman–Crippen MR) is 79.2 cm³/mol. The van der Waals surface area contributed by atoms with E-state index in [1.807, 2.05) is 18.2 Å². The van der Waals surface area contributed by atoms with Crippen molar-refractivity contribution in [3.63, 3.8) is 0 Å². The third kappa shape index (κ3) is 1.83. The molecule has 114 valence electrons. The maximum absolute atomic E-state index is 12.3. The van der Waals surface area contributed by atoms with Gasteiger partial charge in [-0.15, -0.1) is 0 Å². The average molecular weight is 365 g/mol. The molecule has 1 aliphatic carbocycles. The minimum Gasteiger partial charge on any atom is -0.469 e. The molecular weight excluding hydrogens is 352 g/mol. The molecule has 22 heavy (non-hydrogen) atoms. The molecule has 6 heteroatoms. The number of rotatable bonds is 1. The standard InChI is InChI=1S/C16H13BrO5/c1-20-15(19)14-12-8-6-7(17)2-4-10(8)21-16(14)22-11-5-3-9(18)13(11)12/h2,4,6,12,14,16H,3,5H2,1H3/t12-,14-,16+/m1/s1. The van der Waals surface area contributed by atoms with E-state index in [2.05, 4.69) is 15.9 Å². The van der Waals surface area contributed by atoms with Crippen molar-refractivity contribution in [3.05, 3.63) is 39.6 Å². The van der Waals surface area contributed by atoms with Gasteiger partial charge in [0, 0.05) is 34.4 Å². The van der Waals surface area contributed by atoms with Gasteiger partial charge in [-0.3, -0.25) is 9.59 Å². The van der Waals surface area contributed by atoms with Gasteiger partial charge in [0.25, 0.3) is 6.29 Å². The smallest absolute Gasteiger partial charge is 0.317 e. The number of hydrogen-bond acceptors (Lipinski definition) is 5. The van der Waals surface area contributed by atoms with Crippen molar-refractivity contribution in [2.45, 2.75) is 25.0 Å². The van der Waals surface area contributed by atoms with E-state index in [1.165, 1.54) is 7.11 Å². The number of methoxy groups -OCH3 is 1. The largest absolute Gasteiger partial charge is 0.469 e. The molecule has 2 bridgehead atoms. The lowest BCUT2D eigenvalue weighted by molar-refractivity contribution is -0.169. The van der Waals surface area contributed by atoms with Crippen LogP contribution in [0.1, 0.15) is 24.3 Å². The van der Waals surface area contributed by atoms with E-state index in [1.54, 1.807) is 0 Å². The highest BCUT2D eigenvalue weighted by atomic mass is 79.9. The summed E-state index contributed by atoms with van der Waals surface area (Å²) in [6.07, 6.45) is 0.253. The van der Waals surface area contributed by atoms with Crippen LogP contribution in [0.4, 0.5) is 0 Å². The van der Waals surface area contributed by atoms with E-state index in [0.29, 0.717) is 29.9 Å². The van der Waals surface area contributed by atoms with Crippen molar-refractivity contribution in [3.8, 4) is 5.75 Å². The van der Waals surface area contributed by atoms with E-state index in [9.17, 15) is 9.59 Å². The zero-order valence-electron chi connectivity index (χ0n) is 11.8. The summed E-state index contributed by atoms with van der Waals surface area (Å²) >= 11 is 3.44. The first kappa shape index (κ1) is 13.8. The minimum atomic E-state index is -0.740. The molecule has 0 saturated heterocycles. The van der Waals surface area contributed by atoms with Gasteiger partial charge in [-0.1, -0.05) is 15.9 Å². The fourth-order valence-corrected chi connectivity index (χ4v) is 3.87. The molecule has 0 N–H and O–H groups in total. The maximum atomic E-state index is 12.3. The Morgan fingerprint density at radius 1 is 1.32 bits per heavy atom. The van der Waals surface area contributed by atoms with Gasteiger partial charge in [-0.05, 0) is 18.2 Å². The Morgan fingerprint density at radius 3 is 2.91 bits per heavy atom. The zero-order chi connectivity index (χ0) is 15.4. The number of Topliss-reactive ketones (excluding diaryl/α,β-unsaturated/α-hetero) is 1. The second-order valence-electron chi connectivity index (χ2n) is 5.57. The number of ketones is 1. The molecule has 0 unspecified atom stereocenters. The summed E-state index contributed by atoms with van der Waals surface area (Å²) in [5.41, 5.74) is 1.43. The summed E-state index contributed by atoms with van der Waals surface area (Å²) in [7, 11) is 1.33. The average Bonchev–Trinajstić information content (AvgIpc) is 2.87. The molecule has 0 amide bonds. The van der Waals surface area contributed by atoms with E-state index in [-0.39, 0.29) is 11.7 Å². The van der Waals surface area contributed by atoms with Crippen LogP contribution < -0.4 is 4.74 Å². The van der Waals surface area contributed by atoms with Crippen LogP contribution in [-0.4, -0.2) is 25.2 Å². The molecule has 0 radical (unpaired) electrons. The van der Waals surface area contributed by atoms with Crippen LogP contribution in [0, 0.1) is 5.92 Å². The number of allylic oxidation sites excluding steroid dienone is 2. The SMILES string of the molecule is COC(=O)[C@@H]1[C@@H]2OC3=C(C(=O)CC3)[C@H]1c1cc(Br)ccc1O2. The van der Waals surface area contributed by atoms with Crippen molar-refractivity contribution in [1.29, 1.82) is 0 Å². The molecule has 2 aliphatic heterocycles. The lowest BCUT2D eigenvalue weighted by Crippen LogP contribution is -2.46. The summed E-state index contributed by atoms with van der Waals surface area (Å²) < 4.78 is 17.4. The lowest BCUT2D eigenvalue weighted by Gasteiger charge is -2.41. The number of hydrogen-bond donors (Lipinski definition) is 0.